The maximum Gasteiger partial charge on any atom is 0.271 e. The van der Waals surface area contributed by atoms with Crippen molar-refractivity contribution in [2.75, 3.05) is 0 Å². The standard InChI is InChI=1S/C15H19N3O3/c19-15(12-8-10-14(11-9-12)18(20)21)17-16-13-6-4-2-1-3-5-7-13/h8-11H,1-7H2,(H,17,19). The quantitative estimate of drug-likeness (QED) is 0.683. The average Bonchev–Trinajstić information content (AvgIpc) is 2.46. The zero-order chi connectivity index (χ0) is 15.1. The number of hydrogen-bond acceptors (Lipinski definition) is 4. The number of nitro groups is 1. The normalized spacial score (nSPS) is 15.7. The number of nitro benzene ring substituents is 1. The van der Waals surface area contributed by atoms with Crippen LogP contribution in [0.25, 0.3) is 0 Å². The molecule has 1 fully saturated rings. The van der Waals surface area contributed by atoms with Crippen molar-refractivity contribution >= 4 is 17.3 Å². The van der Waals surface area contributed by atoms with Crippen molar-refractivity contribution in [3.8, 4) is 0 Å². The molecular weight excluding hydrogens is 270 g/mol. The number of hydrogen-bond donors (Lipinski definition) is 1. The minimum absolute atomic E-state index is 0.0297. The second kappa shape index (κ2) is 7.52. The van der Waals surface area contributed by atoms with Crippen molar-refractivity contribution in [1.82, 2.24) is 5.43 Å². The fourth-order valence-corrected chi connectivity index (χ4v) is 2.35. The lowest BCUT2D eigenvalue weighted by molar-refractivity contribution is -0.384. The molecule has 0 aromatic heterocycles. The molecule has 1 saturated carbocycles. The number of benzene rings is 1. The number of hydrazone groups is 1. The van der Waals surface area contributed by atoms with Crippen molar-refractivity contribution in [1.29, 1.82) is 0 Å². The van der Waals surface area contributed by atoms with Crippen LogP contribution < -0.4 is 5.43 Å². The number of carbonyl (C=O) groups is 1. The van der Waals surface area contributed by atoms with Gasteiger partial charge in [-0.05, 0) is 37.8 Å². The number of nitrogens with one attached hydrogen (secondary N) is 1. The Morgan fingerprint density at radius 2 is 1.62 bits per heavy atom. The molecule has 1 aliphatic rings. The van der Waals surface area contributed by atoms with Gasteiger partial charge in [-0.1, -0.05) is 19.3 Å². The Morgan fingerprint density at radius 1 is 1.05 bits per heavy atom. The second-order valence-corrected chi connectivity index (χ2v) is 5.19. The van der Waals surface area contributed by atoms with Crippen molar-refractivity contribution in [3.63, 3.8) is 0 Å². The third-order valence-corrected chi connectivity index (χ3v) is 3.59. The summed E-state index contributed by atoms with van der Waals surface area (Å²) in [4.78, 5) is 22.0. The van der Waals surface area contributed by atoms with Gasteiger partial charge in [0, 0.05) is 23.4 Å². The van der Waals surface area contributed by atoms with Gasteiger partial charge in [0.1, 0.15) is 0 Å². The summed E-state index contributed by atoms with van der Waals surface area (Å²) >= 11 is 0. The number of carbonyl (C=O) groups excluding carboxylic acids is 1. The highest BCUT2D eigenvalue weighted by Gasteiger charge is 2.10. The molecule has 1 aliphatic carbocycles. The second-order valence-electron chi connectivity index (χ2n) is 5.19. The van der Waals surface area contributed by atoms with Crippen LogP contribution in [0.1, 0.15) is 55.3 Å². The lowest BCUT2D eigenvalue weighted by atomic mass is 9.99. The smallest absolute Gasteiger partial charge is 0.267 e. The molecule has 0 aliphatic heterocycles. The predicted octanol–water partition coefficient (Wildman–Crippen LogP) is 3.42. The summed E-state index contributed by atoms with van der Waals surface area (Å²) in [5.74, 6) is -0.334. The van der Waals surface area contributed by atoms with E-state index in [9.17, 15) is 14.9 Å². The van der Waals surface area contributed by atoms with Gasteiger partial charge in [-0.2, -0.15) is 5.10 Å². The summed E-state index contributed by atoms with van der Waals surface area (Å²) in [6.07, 6.45) is 7.81. The van der Waals surface area contributed by atoms with E-state index in [0.717, 1.165) is 31.4 Å². The molecule has 1 aromatic carbocycles. The summed E-state index contributed by atoms with van der Waals surface area (Å²) in [6, 6.07) is 5.51. The van der Waals surface area contributed by atoms with Crippen LogP contribution >= 0.6 is 0 Å². The monoisotopic (exact) mass is 289 g/mol. The van der Waals surface area contributed by atoms with Crippen LogP contribution in [0.2, 0.25) is 0 Å². The Labute approximate surface area is 123 Å². The Hall–Kier alpha value is -2.24. The van der Waals surface area contributed by atoms with Gasteiger partial charge in [-0.3, -0.25) is 14.9 Å². The Morgan fingerprint density at radius 3 is 2.19 bits per heavy atom. The SMILES string of the molecule is O=C(NN=C1CCCCCCC1)c1ccc([N+](=O)[O-])cc1. The molecule has 6 heteroatoms. The average molecular weight is 289 g/mol. The van der Waals surface area contributed by atoms with E-state index >= 15 is 0 Å². The van der Waals surface area contributed by atoms with Gasteiger partial charge < -0.3 is 0 Å². The van der Waals surface area contributed by atoms with Gasteiger partial charge in [0.25, 0.3) is 11.6 Å². The van der Waals surface area contributed by atoms with E-state index in [4.69, 9.17) is 0 Å². The van der Waals surface area contributed by atoms with E-state index in [1.807, 2.05) is 0 Å². The molecule has 1 N–H and O–H groups in total. The van der Waals surface area contributed by atoms with Gasteiger partial charge in [0.05, 0.1) is 4.92 Å². The minimum atomic E-state index is -0.490. The fourth-order valence-electron chi connectivity index (χ4n) is 2.35. The largest absolute Gasteiger partial charge is 0.271 e. The van der Waals surface area contributed by atoms with Gasteiger partial charge in [0.2, 0.25) is 0 Å². The molecule has 0 unspecified atom stereocenters. The van der Waals surface area contributed by atoms with E-state index in [0.29, 0.717) is 5.56 Å². The number of rotatable bonds is 3. The summed E-state index contributed by atoms with van der Waals surface area (Å²) in [5, 5.41) is 14.8. The zero-order valence-corrected chi connectivity index (χ0v) is 11.9. The zero-order valence-electron chi connectivity index (χ0n) is 11.9. The number of non-ortho nitro benzene ring substituents is 1. The topological polar surface area (TPSA) is 84.6 Å². The third-order valence-electron chi connectivity index (χ3n) is 3.59. The molecule has 21 heavy (non-hydrogen) atoms. The lowest BCUT2D eigenvalue weighted by Crippen LogP contribution is -2.20. The minimum Gasteiger partial charge on any atom is -0.267 e. The molecule has 2 rings (SSSR count). The Bertz CT molecular complexity index is 528. The fraction of sp³-hybridized carbons (Fsp3) is 0.467. The third kappa shape index (κ3) is 4.66. The molecule has 0 spiro atoms. The summed E-state index contributed by atoms with van der Waals surface area (Å²) in [7, 11) is 0. The first-order valence-electron chi connectivity index (χ1n) is 7.27. The Balaban J connectivity index is 1.95. The van der Waals surface area contributed by atoms with E-state index in [1.54, 1.807) is 0 Å². The molecule has 0 heterocycles. The van der Waals surface area contributed by atoms with Crippen LogP contribution in [-0.2, 0) is 0 Å². The highest BCUT2D eigenvalue weighted by Crippen LogP contribution is 2.15. The highest BCUT2D eigenvalue weighted by atomic mass is 16.6. The van der Waals surface area contributed by atoms with Gasteiger partial charge in [-0.15, -0.1) is 0 Å². The van der Waals surface area contributed by atoms with Gasteiger partial charge in [0.15, 0.2) is 0 Å². The van der Waals surface area contributed by atoms with Crippen molar-refractivity contribution in [3.05, 3.63) is 39.9 Å². The molecule has 112 valence electrons. The van der Waals surface area contributed by atoms with Crippen LogP contribution in [-0.4, -0.2) is 16.5 Å². The van der Waals surface area contributed by atoms with Crippen LogP contribution in [0.15, 0.2) is 29.4 Å². The lowest BCUT2D eigenvalue weighted by Gasteiger charge is -2.10. The summed E-state index contributed by atoms with van der Waals surface area (Å²) in [5.41, 5.74) is 3.92. The van der Waals surface area contributed by atoms with E-state index in [2.05, 4.69) is 10.5 Å². The van der Waals surface area contributed by atoms with Crippen molar-refractivity contribution < 1.29 is 9.72 Å². The summed E-state index contributed by atoms with van der Waals surface area (Å²) < 4.78 is 0. The highest BCUT2D eigenvalue weighted by molar-refractivity contribution is 5.95. The molecule has 6 nitrogen and oxygen atoms in total. The molecular formula is C15H19N3O3. The van der Waals surface area contributed by atoms with Crippen LogP contribution in [0.4, 0.5) is 5.69 Å². The first-order chi connectivity index (χ1) is 10.2. The van der Waals surface area contributed by atoms with E-state index in [1.165, 1.54) is 43.5 Å². The van der Waals surface area contributed by atoms with Gasteiger partial charge in [-0.25, -0.2) is 5.43 Å². The Kier molecular flexibility index (Phi) is 5.43. The maximum atomic E-state index is 11.9. The van der Waals surface area contributed by atoms with Crippen LogP contribution in [0.5, 0.6) is 0 Å². The molecule has 0 bridgehead atoms. The van der Waals surface area contributed by atoms with Crippen molar-refractivity contribution in [2.45, 2.75) is 44.9 Å². The first kappa shape index (κ1) is 15.2. The number of nitrogens with zero attached hydrogens (tertiary/aromatic N) is 2. The van der Waals surface area contributed by atoms with E-state index < -0.39 is 4.92 Å². The molecule has 1 amide bonds. The molecule has 0 saturated heterocycles. The number of amides is 1. The van der Waals surface area contributed by atoms with Crippen molar-refractivity contribution in [2.24, 2.45) is 5.10 Å². The molecule has 1 aromatic rings. The van der Waals surface area contributed by atoms with Crippen LogP contribution in [0, 0.1) is 10.1 Å². The first-order valence-corrected chi connectivity index (χ1v) is 7.27. The predicted molar refractivity (Wildman–Crippen MR) is 80.3 cm³/mol. The summed E-state index contributed by atoms with van der Waals surface area (Å²) in [6.45, 7) is 0. The molecule has 0 radical (unpaired) electrons. The molecule has 0 atom stereocenters. The van der Waals surface area contributed by atoms with Crippen LogP contribution in [0.3, 0.4) is 0 Å². The van der Waals surface area contributed by atoms with Gasteiger partial charge >= 0.3 is 0 Å². The maximum absolute atomic E-state index is 11.9. The van der Waals surface area contributed by atoms with E-state index in [-0.39, 0.29) is 11.6 Å².